The zero-order valence-electron chi connectivity index (χ0n) is 18.6. The van der Waals surface area contributed by atoms with Crippen molar-refractivity contribution in [3.05, 3.63) is 48.5 Å². The van der Waals surface area contributed by atoms with Crippen LogP contribution in [0.4, 0.5) is 11.4 Å². The quantitative estimate of drug-likeness (QED) is 0.138. The van der Waals surface area contributed by atoms with E-state index in [0.717, 1.165) is 36.4 Å². The number of sulfonamides is 2. The van der Waals surface area contributed by atoms with Gasteiger partial charge in [0, 0.05) is 5.69 Å². The molecule has 0 unspecified atom stereocenters. The molecule has 1 aliphatic rings. The van der Waals surface area contributed by atoms with E-state index in [9.17, 15) is 36.0 Å². The van der Waals surface area contributed by atoms with Gasteiger partial charge in [-0.2, -0.15) is 5.26 Å². The minimum absolute atomic E-state index is 0.0703. The van der Waals surface area contributed by atoms with Gasteiger partial charge in [0.05, 0.1) is 21.5 Å². The Balaban J connectivity index is 1.92. The van der Waals surface area contributed by atoms with Gasteiger partial charge in [-0.25, -0.2) is 37.4 Å². The third-order valence-corrected chi connectivity index (χ3v) is 6.93. The molecule has 0 bridgehead atoms. The fourth-order valence-corrected chi connectivity index (χ4v) is 4.37. The number of rotatable bonds is 8. The Kier molecular flexibility index (Phi) is 7.71. The number of hydrazine groups is 1. The summed E-state index contributed by atoms with van der Waals surface area (Å²) in [5.41, 5.74) is 4.37. The van der Waals surface area contributed by atoms with E-state index in [-0.39, 0.29) is 21.2 Å². The number of nitrogens with zero attached hydrogens (tertiary/aromatic N) is 2. The number of benzene rings is 2. The maximum absolute atomic E-state index is 13.2. The van der Waals surface area contributed by atoms with Gasteiger partial charge in [-0.05, 0) is 48.5 Å². The highest BCUT2D eigenvalue weighted by molar-refractivity contribution is 7.89. The highest BCUT2D eigenvalue weighted by Gasteiger charge is 2.52. The molecule has 0 radical (unpaired) electrons. The molecule has 2 aromatic carbocycles. The summed E-state index contributed by atoms with van der Waals surface area (Å²) in [5.74, 6) is -5.53. The number of hydrogen-bond acceptors (Lipinski definition) is 10. The Bertz CT molecular complexity index is 1520. The van der Waals surface area contributed by atoms with Gasteiger partial charge in [-0.15, -0.1) is 0 Å². The summed E-state index contributed by atoms with van der Waals surface area (Å²) in [6.45, 7) is 0. The Labute approximate surface area is 210 Å². The number of amides is 4. The molecule has 0 aromatic heterocycles. The van der Waals surface area contributed by atoms with Crippen LogP contribution in [0.1, 0.15) is 6.42 Å². The fourth-order valence-electron chi connectivity index (χ4n) is 3.34. The highest BCUT2D eigenvalue weighted by atomic mass is 32.2. The van der Waals surface area contributed by atoms with E-state index >= 15 is 0 Å². The van der Waals surface area contributed by atoms with Gasteiger partial charge in [0.15, 0.2) is 0 Å². The van der Waals surface area contributed by atoms with Crippen LogP contribution >= 0.6 is 0 Å². The molecule has 1 fully saturated rings. The first-order valence-electron chi connectivity index (χ1n) is 10.1. The van der Waals surface area contributed by atoms with Gasteiger partial charge in [0.25, 0.3) is 5.91 Å². The monoisotopic (exact) mass is 549 g/mol. The first-order valence-corrected chi connectivity index (χ1v) is 13.2. The van der Waals surface area contributed by atoms with Crippen LogP contribution in [-0.2, 0) is 39.2 Å². The number of carbonyl (C=O) groups excluding carboxylic acids is 4. The summed E-state index contributed by atoms with van der Waals surface area (Å²) in [7, 11) is -8.06. The van der Waals surface area contributed by atoms with E-state index in [1.165, 1.54) is 12.1 Å². The molecule has 17 heteroatoms. The number of nitriles is 1. The van der Waals surface area contributed by atoms with Gasteiger partial charge < -0.3 is 5.32 Å². The van der Waals surface area contributed by atoms with Crippen LogP contribution in [0.25, 0.3) is 0 Å². The van der Waals surface area contributed by atoms with Crippen molar-refractivity contribution in [2.24, 2.45) is 16.2 Å². The van der Waals surface area contributed by atoms with Gasteiger partial charge in [-0.3, -0.25) is 24.6 Å². The molecule has 1 aliphatic heterocycles. The summed E-state index contributed by atoms with van der Waals surface area (Å²) in [5, 5.41) is 21.1. The molecular weight excluding hydrogens is 530 g/mol. The predicted octanol–water partition coefficient (Wildman–Crippen LogP) is -1.99. The molecule has 3 rings (SSSR count). The highest BCUT2D eigenvalue weighted by Crippen LogP contribution is 2.29. The van der Waals surface area contributed by atoms with Crippen LogP contribution in [0.5, 0.6) is 0 Å². The van der Waals surface area contributed by atoms with Gasteiger partial charge in [-0.1, -0.05) is 0 Å². The van der Waals surface area contributed by atoms with E-state index in [2.05, 4.69) is 16.2 Å². The molecule has 2 aromatic rings. The van der Waals surface area contributed by atoms with Crippen LogP contribution in [0.2, 0.25) is 0 Å². The SMILES string of the molecule is N#CCC(=O)NN[C@H]1C(=O)N(c2ccc(S(N)(=O)=O)cc2)C(=O)[C@@H]1C(=O)Nc1ccc(S(N)(=O)=O)cc1. The van der Waals surface area contributed by atoms with Crippen molar-refractivity contribution in [3.8, 4) is 6.07 Å². The van der Waals surface area contributed by atoms with Crippen molar-refractivity contribution >= 4 is 55.1 Å². The molecule has 15 nitrogen and oxygen atoms in total. The summed E-state index contributed by atoms with van der Waals surface area (Å²) in [6, 6.07) is 9.00. The molecule has 1 heterocycles. The molecule has 1 saturated heterocycles. The van der Waals surface area contributed by atoms with Gasteiger partial charge >= 0.3 is 0 Å². The number of carbonyl (C=O) groups is 4. The molecule has 0 spiro atoms. The van der Waals surface area contributed by atoms with E-state index < -0.39 is 62.1 Å². The topological polar surface area (TPSA) is 252 Å². The van der Waals surface area contributed by atoms with Gasteiger partial charge in [0.1, 0.15) is 18.4 Å². The predicted molar refractivity (Wildman–Crippen MR) is 126 cm³/mol. The Morgan fingerprint density at radius 1 is 0.892 bits per heavy atom. The van der Waals surface area contributed by atoms with E-state index in [1.54, 1.807) is 6.07 Å². The summed E-state index contributed by atoms with van der Waals surface area (Å²) < 4.78 is 45.8. The number of primary sulfonamides is 2. The van der Waals surface area contributed by atoms with Crippen LogP contribution in [0.15, 0.2) is 58.3 Å². The number of nitrogens with two attached hydrogens (primary N) is 2. The van der Waals surface area contributed by atoms with Crippen molar-refractivity contribution in [1.29, 1.82) is 5.26 Å². The second kappa shape index (κ2) is 10.4. The molecule has 194 valence electrons. The molecule has 4 amide bonds. The van der Waals surface area contributed by atoms with E-state index in [4.69, 9.17) is 15.5 Å². The van der Waals surface area contributed by atoms with Crippen molar-refractivity contribution in [2.75, 3.05) is 10.2 Å². The molecule has 2 atom stereocenters. The Morgan fingerprint density at radius 3 is 1.89 bits per heavy atom. The lowest BCUT2D eigenvalue weighted by molar-refractivity contribution is -0.131. The fraction of sp³-hybridized carbons (Fsp3) is 0.150. The van der Waals surface area contributed by atoms with Crippen molar-refractivity contribution in [3.63, 3.8) is 0 Å². The first kappa shape index (κ1) is 27.4. The minimum Gasteiger partial charge on any atom is -0.325 e. The third-order valence-electron chi connectivity index (χ3n) is 5.07. The summed E-state index contributed by atoms with van der Waals surface area (Å²) in [4.78, 5) is 51.2. The van der Waals surface area contributed by atoms with Crippen molar-refractivity contribution in [1.82, 2.24) is 10.9 Å². The maximum Gasteiger partial charge on any atom is 0.254 e. The smallest absolute Gasteiger partial charge is 0.254 e. The second-order valence-electron chi connectivity index (χ2n) is 7.59. The van der Waals surface area contributed by atoms with Crippen LogP contribution in [-0.4, -0.2) is 46.5 Å². The van der Waals surface area contributed by atoms with E-state index in [0.29, 0.717) is 4.90 Å². The van der Waals surface area contributed by atoms with E-state index in [1.807, 2.05) is 0 Å². The van der Waals surface area contributed by atoms with Crippen LogP contribution in [0, 0.1) is 17.2 Å². The number of anilines is 2. The molecule has 0 aliphatic carbocycles. The standard InChI is InChI=1S/C20H19N7O8S2/c21-10-9-15(28)25-26-17-16(18(29)24-11-1-5-13(6-2-11)36(22,32)33)19(30)27(20(17)31)12-3-7-14(8-4-12)37(23,34)35/h1-8,16-17,26H,9H2,(H,24,29)(H,25,28)(H2,22,32,33)(H2,23,34,35)/t16-,17+/m0/s1. The van der Waals surface area contributed by atoms with Crippen LogP contribution < -0.4 is 31.3 Å². The zero-order chi connectivity index (χ0) is 27.5. The lowest BCUT2D eigenvalue weighted by Crippen LogP contribution is -2.52. The number of nitrogens with one attached hydrogen (secondary N) is 3. The number of imide groups is 1. The zero-order valence-corrected chi connectivity index (χ0v) is 20.2. The molecule has 7 N–H and O–H groups in total. The third kappa shape index (κ3) is 6.14. The normalized spacial score (nSPS) is 17.8. The Morgan fingerprint density at radius 2 is 1.41 bits per heavy atom. The molecule has 37 heavy (non-hydrogen) atoms. The maximum atomic E-state index is 13.2. The van der Waals surface area contributed by atoms with Crippen molar-refractivity contribution < 1.29 is 36.0 Å². The van der Waals surface area contributed by atoms with Crippen LogP contribution in [0.3, 0.4) is 0 Å². The van der Waals surface area contributed by atoms with Gasteiger partial charge in [0.2, 0.25) is 37.8 Å². The first-order chi connectivity index (χ1) is 17.2. The average molecular weight is 550 g/mol. The number of hydrogen-bond donors (Lipinski definition) is 5. The average Bonchev–Trinajstić information content (AvgIpc) is 3.06. The summed E-state index contributed by atoms with van der Waals surface area (Å²) in [6.07, 6.45) is -0.576. The minimum atomic E-state index is -4.06. The lowest BCUT2D eigenvalue weighted by Gasteiger charge is -2.17. The Hall–Kier alpha value is -4.21. The molecular formula is C20H19N7O8S2. The largest absolute Gasteiger partial charge is 0.325 e. The molecule has 0 saturated carbocycles. The lowest BCUT2D eigenvalue weighted by atomic mass is 10.0. The second-order valence-corrected chi connectivity index (χ2v) is 10.7. The van der Waals surface area contributed by atoms with Crippen molar-refractivity contribution in [2.45, 2.75) is 22.3 Å². The summed E-state index contributed by atoms with van der Waals surface area (Å²) >= 11 is 0.